The molecule has 3 aliphatic rings. The highest BCUT2D eigenvalue weighted by Crippen LogP contribution is 2.43. The number of halogens is 1. The molecule has 3 heteroatoms. The molecule has 3 heterocycles. The minimum atomic E-state index is -0.116. The highest BCUT2D eigenvalue weighted by molar-refractivity contribution is 6.97. The van der Waals surface area contributed by atoms with Crippen molar-refractivity contribution in [1.82, 2.24) is 4.57 Å². The molecule has 46 heavy (non-hydrogen) atoms. The molecule has 2 aliphatic heterocycles. The topological polar surface area (TPSA) is 4.93 Å². The van der Waals surface area contributed by atoms with E-state index in [1.165, 1.54) is 91.3 Å². The highest BCUT2D eigenvalue weighted by Gasteiger charge is 2.48. The molecule has 0 saturated heterocycles. The Labute approximate surface area is 278 Å². The van der Waals surface area contributed by atoms with Gasteiger partial charge < -0.3 is 4.57 Å². The third kappa shape index (κ3) is 3.77. The summed E-state index contributed by atoms with van der Waals surface area (Å²) in [7, 11) is 0. The average molecular weight is 616 g/mol. The van der Waals surface area contributed by atoms with Crippen molar-refractivity contribution in [2.75, 3.05) is 0 Å². The second-order valence-electron chi connectivity index (χ2n) is 14.6. The SMILES string of the molecule is CCC1(C)c2cc(Cl)ccc2B2c3ccc(-c4ccc(-n5c6c(c7ccccc75)CCCC6)cc4)cc3C(C)(C)c3cccc1c32. The van der Waals surface area contributed by atoms with Crippen molar-refractivity contribution >= 4 is 45.6 Å². The van der Waals surface area contributed by atoms with Crippen molar-refractivity contribution in [2.24, 2.45) is 0 Å². The van der Waals surface area contributed by atoms with Gasteiger partial charge in [0.2, 0.25) is 6.71 Å². The first kappa shape index (κ1) is 28.2. The van der Waals surface area contributed by atoms with Gasteiger partial charge in [-0.25, -0.2) is 0 Å². The maximum atomic E-state index is 6.66. The van der Waals surface area contributed by atoms with Crippen LogP contribution >= 0.6 is 11.6 Å². The van der Waals surface area contributed by atoms with Crippen LogP contribution in [0.4, 0.5) is 0 Å². The van der Waals surface area contributed by atoms with Crippen LogP contribution in [0.1, 0.15) is 80.5 Å². The molecule has 9 rings (SSSR count). The molecule has 0 amide bonds. The van der Waals surface area contributed by atoms with Crippen LogP contribution in [-0.4, -0.2) is 11.3 Å². The van der Waals surface area contributed by atoms with E-state index in [2.05, 4.69) is 135 Å². The first-order valence-corrected chi connectivity index (χ1v) is 17.5. The fourth-order valence-electron chi connectivity index (χ4n) is 9.43. The maximum Gasteiger partial charge on any atom is 0.242 e. The van der Waals surface area contributed by atoms with Gasteiger partial charge in [-0.2, -0.15) is 0 Å². The molecule has 0 N–H and O–H groups in total. The molecule has 6 aromatic rings. The molecule has 0 bridgehead atoms. The molecule has 0 spiro atoms. The van der Waals surface area contributed by atoms with E-state index in [9.17, 15) is 0 Å². The summed E-state index contributed by atoms with van der Waals surface area (Å²) in [6.45, 7) is 9.79. The number of aryl methyl sites for hydroxylation is 1. The van der Waals surface area contributed by atoms with Crippen LogP contribution < -0.4 is 16.4 Å². The zero-order valence-corrected chi connectivity index (χ0v) is 28.0. The van der Waals surface area contributed by atoms with E-state index < -0.39 is 0 Å². The van der Waals surface area contributed by atoms with Crippen molar-refractivity contribution in [3.63, 3.8) is 0 Å². The van der Waals surface area contributed by atoms with Gasteiger partial charge in [-0.1, -0.05) is 128 Å². The van der Waals surface area contributed by atoms with Gasteiger partial charge in [-0.15, -0.1) is 0 Å². The number of aromatic nitrogens is 1. The predicted molar refractivity (Wildman–Crippen MR) is 197 cm³/mol. The largest absolute Gasteiger partial charge is 0.313 e. The lowest BCUT2D eigenvalue weighted by molar-refractivity contribution is 0.549. The van der Waals surface area contributed by atoms with E-state index in [1.54, 1.807) is 5.56 Å². The Hall–Kier alpha value is -4.01. The third-order valence-corrected chi connectivity index (χ3v) is 12.2. The normalized spacial score (nSPS) is 18.9. The van der Waals surface area contributed by atoms with Crippen LogP contribution in [0.15, 0.2) is 103 Å². The van der Waals surface area contributed by atoms with Crippen LogP contribution in [0, 0.1) is 0 Å². The zero-order chi connectivity index (χ0) is 31.4. The summed E-state index contributed by atoms with van der Waals surface area (Å²) >= 11 is 6.66. The van der Waals surface area contributed by atoms with Gasteiger partial charge in [0.05, 0.1) is 5.52 Å². The lowest BCUT2D eigenvalue weighted by Gasteiger charge is -2.47. The van der Waals surface area contributed by atoms with E-state index in [-0.39, 0.29) is 17.5 Å². The fourth-order valence-corrected chi connectivity index (χ4v) is 9.60. The molecule has 226 valence electrons. The fraction of sp³-hybridized carbons (Fsp3) is 0.256. The van der Waals surface area contributed by atoms with Gasteiger partial charge in [0, 0.05) is 32.6 Å². The van der Waals surface area contributed by atoms with Gasteiger partial charge in [-0.05, 0) is 101 Å². The quantitative estimate of drug-likeness (QED) is 0.175. The molecule has 0 saturated carbocycles. The molecular formula is C43H39BClN. The number of benzene rings is 5. The first-order valence-electron chi connectivity index (χ1n) is 17.1. The minimum Gasteiger partial charge on any atom is -0.313 e. The van der Waals surface area contributed by atoms with E-state index in [0.29, 0.717) is 0 Å². The summed E-state index contributed by atoms with van der Waals surface area (Å²) in [5, 5.41) is 2.24. The molecule has 1 aromatic heterocycles. The Morgan fingerprint density at radius 2 is 1.41 bits per heavy atom. The number of nitrogens with zero attached hydrogens (tertiary/aromatic N) is 1. The lowest BCUT2D eigenvalue weighted by Crippen LogP contribution is -2.66. The minimum absolute atomic E-state index is 0.0678. The Bertz CT molecular complexity index is 2200. The van der Waals surface area contributed by atoms with Crippen molar-refractivity contribution in [2.45, 2.75) is 70.6 Å². The monoisotopic (exact) mass is 615 g/mol. The second-order valence-corrected chi connectivity index (χ2v) is 15.0. The number of hydrogen-bond donors (Lipinski definition) is 0. The number of rotatable bonds is 3. The Balaban J connectivity index is 1.18. The summed E-state index contributed by atoms with van der Waals surface area (Å²) in [6.07, 6.45) is 5.94. The second kappa shape index (κ2) is 10.00. The summed E-state index contributed by atoms with van der Waals surface area (Å²) in [4.78, 5) is 0. The molecule has 1 unspecified atom stereocenters. The van der Waals surface area contributed by atoms with Crippen LogP contribution in [-0.2, 0) is 23.7 Å². The van der Waals surface area contributed by atoms with Gasteiger partial charge >= 0.3 is 0 Å². The van der Waals surface area contributed by atoms with Crippen molar-refractivity contribution < 1.29 is 0 Å². The van der Waals surface area contributed by atoms with E-state index in [0.717, 1.165) is 17.9 Å². The molecule has 5 aromatic carbocycles. The number of hydrogen-bond acceptors (Lipinski definition) is 0. The van der Waals surface area contributed by atoms with E-state index >= 15 is 0 Å². The van der Waals surface area contributed by atoms with Gasteiger partial charge in [0.25, 0.3) is 0 Å². The number of para-hydroxylation sites is 1. The molecule has 0 fully saturated rings. The smallest absolute Gasteiger partial charge is 0.242 e. The maximum absolute atomic E-state index is 6.66. The first-order chi connectivity index (χ1) is 22.3. The predicted octanol–water partition coefficient (Wildman–Crippen LogP) is 9.01. The summed E-state index contributed by atoms with van der Waals surface area (Å²) < 4.78 is 2.52. The average Bonchev–Trinajstić information content (AvgIpc) is 3.42. The van der Waals surface area contributed by atoms with Crippen molar-refractivity contribution in [3.8, 4) is 16.8 Å². The molecule has 1 aliphatic carbocycles. The Morgan fingerprint density at radius 1 is 0.696 bits per heavy atom. The van der Waals surface area contributed by atoms with Gasteiger partial charge in [0.15, 0.2) is 0 Å². The van der Waals surface area contributed by atoms with Crippen LogP contribution in [0.2, 0.25) is 5.02 Å². The highest BCUT2D eigenvalue weighted by atomic mass is 35.5. The third-order valence-electron chi connectivity index (χ3n) is 12.0. The van der Waals surface area contributed by atoms with Crippen molar-refractivity contribution in [3.05, 3.63) is 142 Å². The lowest BCUT2D eigenvalue weighted by atomic mass is 9.27. The van der Waals surface area contributed by atoms with E-state index in [4.69, 9.17) is 11.6 Å². The van der Waals surface area contributed by atoms with Gasteiger partial charge in [0.1, 0.15) is 0 Å². The van der Waals surface area contributed by atoms with Crippen LogP contribution in [0.5, 0.6) is 0 Å². The zero-order valence-electron chi connectivity index (χ0n) is 27.3. The summed E-state index contributed by atoms with van der Waals surface area (Å²) in [6, 6.07) is 39.2. The van der Waals surface area contributed by atoms with Gasteiger partial charge in [-0.3, -0.25) is 0 Å². The van der Waals surface area contributed by atoms with Crippen LogP contribution in [0.3, 0.4) is 0 Å². The molecule has 0 radical (unpaired) electrons. The van der Waals surface area contributed by atoms with Crippen LogP contribution in [0.25, 0.3) is 27.7 Å². The van der Waals surface area contributed by atoms with E-state index in [1.807, 2.05) is 0 Å². The number of fused-ring (bicyclic) bond motifs is 7. The molecule has 1 nitrogen and oxygen atoms in total. The van der Waals surface area contributed by atoms with Crippen molar-refractivity contribution in [1.29, 1.82) is 0 Å². The Morgan fingerprint density at radius 3 is 2.24 bits per heavy atom. The molecular weight excluding hydrogens is 577 g/mol. The summed E-state index contributed by atoms with van der Waals surface area (Å²) in [5.74, 6) is 0. The summed E-state index contributed by atoms with van der Waals surface area (Å²) in [5.41, 5.74) is 18.1. The Kier molecular flexibility index (Phi) is 6.14. The standard InChI is InChI=1S/C43H39BClN/c1-5-43(4)34-14-10-13-33-41(34)44(38-24-20-29(45)26-36(38)43)37-23-19-28(25-35(37)42(33,2)3)27-17-21-30(22-18-27)46-39-15-8-6-11-31(39)32-12-7-9-16-40(32)46/h6,8,10-11,13-15,17-26H,5,7,9,12,16H2,1-4H3. The molecule has 1 atom stereocenters.